The van der Waals surface area contributed by atoms with E-state index in [0.717, 1.165) is 22.5 Å². The Morgan fingerprint density at radius 1 is 1.42 bits per heavy atom. The first-order chi connectivity index (χ1) is 9.20. The Kier molecular flexibility index (Phi) is 3.77. The van der Waals surface area contributed by atoms with Crippen molar-refractivity contribution < 1.29 is 4.39 Å². The van der Waals surface area contributed by atoms with Crippen molar-refractivity contribution in [3.8, 4) is 5.69 Å². The molecule has 2 aromatic heterocycles. The molecule has 2 heterocycles. The second-order valence-electron chi connectivity index (χ2n) is 4.04. The lowest BCUT2D eigenvalue weighted by molar-refractivity contribution is 0.621. The molecule has 0 amide bonds. The van der Waals surface area contributed by atoms with Gasteiger partial charge >= 0.3 is 0 Å². The van der Waals surface area contributed by atoms with Crippen LogP contribution < -0.4 is 0 Å². The fourth-order valence-corrected chi connectivity index (χ4v) is 3.29. The first kappa shape index (κ1) is 13.3. The zero-order chi connectivity index (χ0) is 13.4. The van der Waals surface area contributed by atoms with Crippen LogP contribution in [0.25, 0.3) is 16.7 Å². The SMILES string of the molecule is Fc1cc2c(cc1I)nc(CCCl)n2-c1ccsc1. The lowest BCUT2D eigenvalue weighted by Crippen LogP contribution is -2.01. The van der Waals surface area contributed by atoms with Crippen LogP contribution in [0.15, 0.2) is 29.0 Å². The van der Waals surface area contributed by atoms with Crippen LogP contribution in [0.4, 0.5) is 4.39 Å². The Morgan fingerprint density at radius 3 is 2.95 bits per heavy atom. The topological polar surface area (TPSA) is 17.8 Å². The largest absolute Gasteiger partial charge is 0.295 e. The first-order valence-electron chi connectivity index (χ1n) is 5.65. The molecule has 0 saturated carbocycles. The molecule has 0 atom stereocenters. The fourth-order valence-electron chi connectivity index (χ4n) is 2.05. The summed E-state index contributed by atoms with van der Waals surface area (Å²) in [5.74, 6) is 1.14. The number of fused-ring (bicyclic) bond motifs is 1. The molecule has 6 heteroatoms. The van der Waals surface area contributed by atoms with E-state index < -0.39 is 0 Å². The van der Waals surface area contributed by atoms with Crippen molar-refractivity contribution >= 4 is 56.6 Å². The predicted octanol–water partition coefficient (Wildman–Crippen LogP) is 4.61. The quantitative estimate of drug-likeness (QED) is 0.459. The molecule has 0 saturated heterocycles. The lowest BCUT2D eigenvalue weighted by atomic mass is 10.3. The van der Waals surface area contributed by atoms with Gasteiger partial charge in [-0.25, -0.2) is 9.37 Å². The third-order valence-corrected chi connectivity index (χ3v) is 4.53. The van der Waals surface area contributed by atoms with Crippen molar-refractivity contribution in [2.45, 2.75) is 6.42 Å². The van der Waals surface area contributed by atoms with E-state index in [1.807, 2.05) is 44.0 Å². The van der Waals surface area contributed by atoms with Crippen LogP contribution in [-0.4, -0.2) is 15.4 Å². The van der Waals surface area contributed by atoms with E-state index in [1.165, 1.54) is 0 Å². The van der Waals surface area contributed by atoms with Gasteiger partial charge in [0.25, 0.3) is 0 Å². The smallest absolute Gasteiger partial charge is 0.138 e. The number of benzene rings is 1. The summed E-state index contributed by atoms with van der Waals surface area (Å²) in [6, 6.07) is 5.31. The molecule has 3 aromatic rings. The number of imidazole rings is 1. The van der Waals surface area contributed by atoms with Crippen molar-refractivity contribution in [3.63, 3.8) is 0 Å². The van der Waals surface area contributed by atoms with Crippen molar-refractivity contribution in [1.82, 2.24) is 9.55 Å². The Hall–Kier alpha value is -0.660. The molecule has 0 aliphatic rings. The van der Waals surface area contributed by atoms with Gasteiger partial charge in [0.1, 0.15) is 11.6 Å². The van der Waals surface area contributed by atoms with E-state index in [1.54, 1.807) is 23.5 Å². The standard InChI is InChI=1S/C13H9ClFIN2S/c14-3-1-13-17-11-6-10(16)9(15)5-12(11)18(13)8-2-4-19-7-8/h2,4-7H,1,3H2. The summed E-state index contributed by atoms with van der Waals surface area (Å²) in [5.41, 5.74) is 2.60. The zero-order valence-electron chi connectivity index (χ0n) is 9.74. The van der Waals surface area contributed by atoms with Gasteiger partial charge in [-0.3, -0.25) is 4.57 Å². The molecule has 0 aliphatic heterocycles. The zero-order valence-corrected chi connectivity index (χ0v) is 13.5. The number of thiophene rings is 1. The van der Waals surface area contributed by atoms with Crippen LogP contribution in [0.5, 0.6) is 0 Å². The van der Waals surface area contributed by atoms with Crippen molar-refractivity contribution in [2.24, 2.45) is 0 Å². The maximum absolute atomic E-state index is 13.8. The average Bonchev–Trinajstić information content (AvgIpc) is 2.98. The minimum atomic E-state index is -0.220. The summed E-state index contributed by atoms with van der Waals surface area (Å²) >= 11 is 9.42. The summed E-state index contributed by atoms with van der Waals surface area (Å²) in [6.45, 7) is 0. The van der Waals surface area contributed by atoms with Crippen LogP contribution in [-0.2, 0) is 6.42 Å². The van der Waals surface area contributed by atoms with Gasteiger partial charge in [-0.05, 0) is 40.1 Å². The molecule has 0 fully saturated rings. The second kappa shape index (κ2) is 5.38. The van der Waals surface area contributed by atoms with Gasteiger partial charge in [-0.2, -0.15) is 11.3 Å². The summed E-state index contributed by atoms with van der Waals surface area (Å²) in [5, 5.41) is 4.02. The molecule has 98 valence electrons. The van der Waals surface area contributed by atoms with Gasteiger partial charge in [0.15, 0.2) is 0 Å². The molecule has 2 nitrogen and oxygen atoms in total. The van der Waals surface area contributed by atoms with Gasteiger partial charge in [-0.15, -0.1) is 11.6 Å². The molecule has 0 radical (unpaired) electrons. The molecular formula is C13H9ClFIN2S. The number of hydrogen-bond acceptors (Lipinski definition) is 2. The summed E-state index contributed by atoms with van der Waals surface area (Å²) in [6.07, 6.45) is 0.657. The van der Waals surface area contributed by atoms with Crippen LogP contribution in [0.1, 0.15) is 5.82 Å². The van der Waals surface area contributed by atoms with E-state index >= 15 is 0 Å². The Bertz CT molecular complexity index is 724. The van der Waals surface area contributed by atoms with Gasteiger partial charge < -0.3 is 0 Å². The third-order valence-electron chi connectivity index (χ3n) is 2.85. The predicted molar refractivity (Wildman–Crippen MR) is 86.0 cm³/mol. The highest BCUT2D eigenvalue weighted by Gasteiger charge is 2.14. The van der Waals surface area contributed by atoms with E-state index in [-0.39, 0.29) is 5.82 Å². The molecule has 0 N–H and O–H groups in total. The van der Waals surface area contributed by atoms with Crippen LogP contribution in [0.2, 0.25) is 0 Å². The van der Waals surface area contributed by atoms with E-state index in [4.69, 9.17) is 11.6 Å². The average molecular weight is 407 g/mol. The van der Waals surface area contributed by atoms with Gasteiger partial charge in [0, 0.05) is 23.7 Å². The highest BCUT2D eigenvalue weighted by molar-refractivity contribution is 14.1. The maximum Gasteiger partial charge on any atom is 0.138 e. The maximum atomic E-state index is 13.8. The van der Waals surface area contributed by atoms with Crippen LogP contribution in [0, 0.1) is 9.39 Å². The van der Waals surface area contributed by atoms with Crippen LogP contribution in [0.3, 0.4) is 0 Å². The molecule has 3 rings (SSSR count). The van der Waals surface area contributed by atoms with E-state index in [0.29, 0.717) is 15.9 Å². The molecule has 0 bridgehead atoms. The third kappa shape index (κ3) is 2.39. The van der Waals surface area contributed by atoms with Crippen molar-refractivity contribution in [3.05, 3.63) is 44.2 Å². The van der Waals surface area contributed by atoms with Gasteiger partial charge in [0.05, 0.1) is 20.3 Å². The number of hydrogen-bond donors (Lipinski definition) is 0. The fraction of sp³-hybridized carbons (Fsp3) is 0.154. The number of halogens is 3. The lowest BCUT2D eigenvalue weighted by Gasteiger charge is -2.06. The molecule has 0 aliphatic carbocycles. The van der Waals surface area contributed by atoms with Gasteiger partial charge in [0.2, 0.25) is 0 Å². The minimum absolute atomic E-state index is 0.220. The highest BCUT2D eigenvalue weighted by atomic mass is 127. The molecule has 19 heavy (non-hydrogen) atoms. The number of alkyl halides is 1. The van der Waals surface area contributed by atoms with Crippen molar-refractivity contribution in [1.29, 1.82) is 0 Å². The molecule has 1 aromatic carbocycles. The normalized spacial score (nSPS) is 11.3. The Labute approximate surface area is 132 Å². The van der Waals surface area contributed by atoms with E-state index in [9.17, 15) is 4.39 Å². The molecular weight excluding hydrogens is 398 g/mol. The summed E-state index contributed by atoms with van der Waals surface area (Å²) in [7, 11) is 0. The number of nitrogens with zero attached hydrogens (tertiary/aromatic N) is 2. The molecule has 0 spiro atoms. The number of rotatable bonds is 3. The Balaban J connectivity index is 2.32. The van der Waals surface area contributed by atoms with Crippen LogP contribution >= 0.6 is 45.5 Å². The first-order valence-corrected chi connectivity index (χ1v) is 8.21. The second-order valence-corrected chi connectivity index (χ2v) is 6.36. The Morgan fingerprint density at radius 2 is 2.26 bits per heavy atom. The number of aromatic nitrogens is 2. The summed E-state index contributed by atoms with van der Waals surface area (Å²) < 4.78 is 16.4. The molecule has 0 unspecified atom stereocenters. The minimum Gasteiger partial charge on any atom is -0.295 e. The van der Waals surface area contributed by atoms with Crippen molar-refractivity contribution in [2.75, 3.05) is 5.88 Å². The monoisotopic (exact) mass is 406 g/mol. The van der Waals surface area contributed by atoms with E-state index in [2.05, 4.69) is 4.98 Å². The summed E-state index contributed by atoms with van der Waals surface area (Å²) in [4.78, 5) is 4.57. The highest BCUT2D eigenvalue weighted by Crippen LogP contribution is 2.26. The number of aryl methyl sites for hydroxylation is 1. The van der Waals surface area contributed by atoms with Gasteiger partial charge in [-0.1, -0.05) is 0 Å².